The summed E-state index contributed by atoms with van der Waals surface area (Å²) >= 11 is 0. The van der Waals surface area contributed by atoms with Crippen molar-refractivity contribution in [2.45, 2.75) is 105 Å². The monoisotopic (exact) mass is 692 g/mol. The summed E-state index contributed by atoms with van der Waals surface area (Å²) in [4.78, 5) is 68.7. The van der Waals surface area contributed by atoms with Gasteiger partial charge < -0.3 is 26.2 Å². The van der Waals surface area contributed by atoms with Gasteiger partial charge in [0.05, 0.1) is 11.8 Å². The molecule has 0 radical (unpaired) electrons. The Labute approximate surface area is 286 Å². The Hall–Kier alpha value is -3.44. The van der Waals surface area contributed by atoms with Crippen molar-refractivity contribution in [3.8, 4) is 12.3 Å². The molecule has 48 heavy (non-hydrogen) atoms. The smallest absolute Gasteiger partial charge is 0.315 e. The molecule has 0 aromatic rings. The van der Waals surface area contributed by atoms with Crippen molar-refractivity contribution in [2.24, 2.45) is 22.7 Å². The van der Waals surface area contributed by atoms with E-state index in [1.54, 1.807) is 20.8 Å². The first-order chi connectivity index (χ1) is 22.1. The first kappa shape index (κ1) is 40.7. The number of hydrogen-bond donors (Lipinski definition) is 4. The summed E-state index contributed by atoms with van der Waals surface area (Å²) in [6, 6.07) is -4.41. The zero-order valence-electron chi connectivity index (χ0n) is 29.9. The highest BCUT2D eigenvalue weighted by molar-refractivity contribution is 7.89. The second-order valence-corrected chi connectivity index (χ2v) is 17.3. The number of carbonyl (C=O) groups excluding carboxylic acids is 5. The van der Waals surface area contributed by atoms with E-state index in [1.807, 2.05) is 34.6 Å². The van der Waals surface area contributed by atoms with E-state index in [-0.39, 0.29) is 50.1 Å². The summed E-state index contributed by atoms with van der Waals surface area (Å²) in [7, 11) is -3.40. The van der Waals surface area contributed by atoms with Crippen molar-refractivity contribution in [3.05, 3.63) is 12.7 Å². The molecule has 5 atom stereocenters. The molecule has 1 unspecified atom stereocenters. The highest BCUT2D eigenvalue weighted by Gasteiger charge is 2.48. The van der Waals surface area contributed by atoms with Crippen LogP contribution in [0.1, 0.15) is 81.1 Å². The first-order valence-corrected chi connectivity index (χ1v) is 18.3. The molecule has 13 nitrogen and oxygen atoms in total. The lowest BCUT2D eigenvalue weighted by molar-refractivity contribution is -0.144. The van der Waals surface area contributed by atoms with Crippen LogP contribution in [0.2, 0.25) is 0 Å². The van der Waals surface area contributed by atoms with E-state index in [2.05, 4.69) is 33.8 Å². The Morgan fingerprint density at radius 3 is 2.15 bits per heavy atom. The van der Waals surface area contributed by atoms with Crippen LogP contribution in [-0.2, 0) is 29.2 Å². The number of sulfonamides is 1. The van der Waals surface area contributed by atoms with E-state index < -0.39 is 74.6 Å². The number of nitrogens with one attached hydrogen (secondary N) is 4. The van der Waals surface area contributed by atoms with Gasteiger partial charge >= 0.3 is 6.03 Å². The van der Waals surface area contributed by atoms with E-state index >= 15 is 0 Å². The van der Waals surface area contributed by atoms with Gasteiger partial charge in [0.1, 0.15) is 12.1 Å². The van der Waals surface area contributed by atoms with Gasteiger partial charge in [-0.05, 0) is 41.9 Å². The fourth-order valence-electron chi connectivity index (χ4n) is 6.04. The number of ketones is 1. The largest absolute Gasteiger partial charge is 0.346 e. The molecular formula is C34H56N6O7S. The minimum atomic E-state index is -3.40. The van der Waals surface area contributed by atoms with Crippen LogP contribution in [0.15, 0.2) is 12.7 Å². The minimum Gasteiger partial charge on any atom is -0.346 e. The van der Waals surface area contributed by atoms with Gasteiger partial charge in [0.15, 0.2) is 0 Å². The molecule has 0 aliphatic carbocycles. The number of carbonyl (C=O) groups is 5. The predicted octanol–water partition coefficient (Wildman–Crippen LogP) is 1.79. The molecule has 270 valence electrons. The summed E-state index contributed by atoms with van der Waals surface area (Å²) in [5, 5.41) is 10.9. The van der Waals surface area contributed by atoms with Crippen molar-refractivity contribution < 1.29 is 32.4 Å². The number of likely N-dealkylation sites (tertiary alicyclic amines) is 1. The molecule has 2 rings (SSSR count). The Bertz CT molecular complexity index is 1360. The summed E-state index contributed by atoms with van der Waals surface area (Å²) in [5.41, 5.74) is -1.29. The maximum Gasteiger partial charge on any atom is 0.315 e. The maximum atomic E-state index is 14.3. The fraction of sp³-hybridized carbons (Fsp3) is 0.735. The van der Waals surface area contributed by atoms with Gasteiger partial charge in [-0.15, -0.1) is 18.9 Å². The van der Waals surface area contributed by atoms with Gasteiger partial charge in [-0.1, -0.05) is 61.5 Å². The van der Waals surface area contributed by atoms with Crippen LogP contribution in [0.25, 0.3) is 0 Å². The maximum absolute atomic E-state index is 14.3. The fourth-order valence-corrected chi connectivity index (χ4v) is 7.58. The van der Waals surface area contributed by atoms with Crippen molar-refractivity contribution in [1.29, 1.82) is 0 Å². The zero-order valence-corrected chi connectivity index (χ0v) is 30.7. The van der Waals surface area contributed by atoms with Crippen molar-refractivity contribution >= 4 is 39.6 Å². The summed E-state index contributed by atoms with van der Waals surface area (Å²) in [6.07, 6.45) is 8.06. The number of nitrogens with zero attached hydrogens (tertiary/aromatic N) is 2. The lowest BCUT2D eigenvalue weighted by Gasteiger charge is -2.38. The van der Waals surface area contributed by atoms with Crippen LogP contribution in [0.3, 0.4) is 0 Å². The zero-order chi connectivity index (χ0) is 36.6. The third kappa shape index (κ3) is 10.8. The quantitative estimate of drug-likeness (QED) is 0.122. The molecule has 0 aromatic heterocycles. The van der Waals surface area contributed by atoms with Gasteiger partial charge in [0, 0.05) is 38.6 Å². The third-order valence-electron chi connectivity index (χ3n) is 9.02. The van der Waals surface area contributed by atoms with E-state index in [0.29, 0.717) is 19.4 Å². The van der Waals surface area contributed by atoms with Crippen molar-refractivity contribution in [2.75, 3.05) is 31.9 Å². The molecule has 14 heteroatoms. The summed E-state index contributed by atoms with van der Waals surface area (Å²) in [6.45, 7) is 19.3. The molecule has 0 aromatic carbocycles. The summed E-state index contributed by atoms with van der Waals surface area (Å²) < 4.78 is 26.4. The standard InChI is InChI=1S/C34H56N6O7S/c1-11-13-15-24(27(41)30(43)35-17-12-2)36-29(42)26-23(22(3)4)16-19-40(26)31(44)28(34(8,9)10)38-32(45)37-25(33(5,6)7)21-39-18-14-20-48(39,46)47/h1,12,22-26,28H,2,13-21H2,3-10H3,(H,35,43)(H,36,42)(H2,37,38,45)/t23-,24?,25-,26+,28-/m1/s1. The Morgan fingerprint density at radius 1 is 1.00 bits per heavy atom. The molecule has 2 aliphatic heterocycles. The molecule has 0 saturated carbocycles. The first-order valence-electron chi connectivity index (χ1n) is 16.7. The SMILES string of the molecule is C#CCCC(NC(=O)[C@@H]1[C@@H](C(C)C)CCN1C(=O)[C@@H](NC(=O)N[C@H](CN1CCCS1(=O)=O)C(C)(C)C)C(C)(C)C)C(=O)C(=O)NCC=C. The topological polar surface area (TPSA) is 174 Å². The number of terminal acetylenes is 1. The van der Waals surface area contributed by atoms with Gasteiger partial charge in [-0.25, -0.2) is 13.2 Å². The highest BCUT2D eigenvalue weighted by Crippen LogP contribution is 2.33. The van der Waals surface area contributed by atoms with Gasteiger partial charge in [0.2, 0.25) is 27.6 Å². The average molecular weight is 693 g/mol. The van der Waals surface area contributed by atoms with Gasteiger partial charge in [-0.2, -0.15) is 4.31 Å². The van der Waals surface area contributed by atoms with Crippen LogP contribution < -0.4 is 21.3 Å². The Kier molecular flexibility index (Phi) is 14.2. The molecule has 2 fully saturated rings. The minimum absolute atomic E-state index is 0.00643. The number of urea groups is 1. The highest BCUT2D eigenvalue weighted by atomic mass is 32.2. The normalized spacial score (nSPS) is 21.5. The molecule has 2 heterocycles. The Morgan fingerprint density at radius 2 is 1.65 bits per heavy atom. The number of rotatable bonds is 14. The molecule has 0 bridgehead atoms. The molecule has 5 amide bonds. The van der Waals surface area contributed by atoms with Crippen LogP contribution in [0.5, 0.6) is 0 Å². The molecular weight excluding hydrogens is 636 g/mol. The van der Waals surface area contributed by atoms with E-state index in [0.717, 1.165) is 0 Å². The van der Waals surface area contributed by atoms with Crippen molar-refractivity contribution in [1.82, 2.24) is 30.5 Å². The van der Waals surface area contributed by atoms with Crippen LogP contribution in [-0.4, -0.2) is 103 Å². The van der Waals surface area contributed by atoms with E-state index in [1.165, 1.54) is 15.3 Å². The molecule has 0 spiro atoms. The lowest BCUT2D eigenvalue weighted by Crippen LogP contribution is -2.62. The molecule has 2 saturated heterocycles. The number of amides is 5. The van der Waals surface area contributed by atoms with Crippen molar-refractivity contribution in [3.63, 3.8) is 0 Å². The number of Topliss-reactive ketones (excluding diaryl/α,β-unsaturated/α-hetero) is 1. The third-order valence-corrected chi connectivity index (χ3v) is 10.9. The lowest BCUT2D eigenvalue weighted by atomic mass is 9.84. The van der Waals surface area contributed by atoms with Crippen LogP contribution in [0.4, 0.5) is 4.79 Å². The average Bonchev–Trinajstić information content (AvgIpc) is 3.57. The summed E-state index contributed by atoms with van der Waals surface area (Å²) in [5.74, 6) is -0.534. The van der Waals surface area contributed by atoms with E-state index in [9.17, 15) is 32.4 Å². The van der Waals surface area contributed by atoms with Crippen LogP contribution >= 0.6 is 0 Å². The Balaban J connectivity index is 2.34. The van der Waals surface area contributed by atoms with Crippen LogP contribution in [0, 0.1) is 35.0 Å². The predicted molar refractivity (Wildman–Crippen MR) is 185 cm³/mol. The second kappa shape index (κ2) is 16.8. The molecule has 2 aliphatic rings. The number of hydrogen-bond acceptors (Lipinski definition) is 7. The molecule has 4 N–H and O–H groups in total. The van der Waals surface area contributed by atoms with Gasteiger partial charge in [0.25, 0.3) is 5.91 Å². The van der Waals surface area contributed by atoms with E-state index in [4.69, 9.17) is 6.42 Å². The van der Waals surface area contributed by atoms with Gasteiger partial charge in [-0.3, -0.25) is 19.2 Å². The second-order valence-electron chi connectivity index (χ2n) is 15.2.